The van der Waals surface area contributed by atoms with Crippen molar-refractivity contribution in [2.75, 3.05) is 5.32 Å². The maximum Gasteiger partial charge on any atom is 0.231 e. The van der Waals surface area contributed by atoms with E-state index in [9.17, 15) is 13.6 Å². The Labute approximate surface area is 162 Å². The van der Waals surface area contributed by atoms with Gasteiger partial charge in [-0.2, -0.15) is 10.2 Å². The molecule has 1 amide bonds. The smallest absolute Gasteiger partial charge is 0.231 e. The molecule has 5 rings (SSSR count). The number of aromatic amines is 1. The van der Waals surface area contributed by atoms with Crippen LogP contribution in [0.5, 0.6) is 0 Å². The Morgan fingerprint density at radius 1 is 1.39 bits per heavy atom. The summed E-state index contributed by atoms with van der Waals surface area (Å²) in [5.41, 5.74) is 2.96. The summed E-state index contributed by atoms with van der Waals surface area (Å²) in [6.45, 7) is 1.68. The van der Waals surface area contributed by atoms with Gasteiger partial charge < -0.3 is 5.32 Å². The van der Waals surface area contributed by atoms with Gasteiger partial charge in [-0.25, -0.2) is 13.3 Å². The van der Waals surface area contributed by atoms with Gasteiger partial charge in [0, 0.05) is 29.3 Å². The maximum absolute atomic E-state index is 14.4. The molecule has 1 aliphatic carbocycles. The Kier molecular flexibility index (Phi) is 3.67. The van der Waals surface area contributed by atoms with Crippen molar-refractivity contribution in [1.29, 1.82) is 0 Å². The number of H-pyrrole nitrogens is 1. The van der Waals surface area contributed by atoms with Crippen LogP contribution in [0.1, 0.15) is 12.0 Å². The third-order valence-electron chi connectivity index (χ3n) is 5.05. The molecule has 6 nitrogen and oxygen atoms in total. The highest BCUT2D eigenvalue weighted by Gasteiger charge is 2.43. The van der Waals surface area contributed by atoms with Crippen molar-refractivity contribution in [3.8, 4) is 11.1 Å². The molecule has 3 heterocycles. The SMILES string of the molecule is Cc1c(F)cc2n[nH]c(Cl)c2c1-c1ccn2nc(NC(=O)[C@@H]3C[C@@H]3F)cc2c1. The zero-order valence-corrected chi connectivity index (χ0v) is 15.4. The molecule has 0 aliphatic heterocycles. The number of nitrogens with zero attached hydrogens (tertiary/aromatic N) is 3. The monoisotopic (exact) mass is 401 g/mol. The molecule has 1 aromatic carbocycles. The van der Waals surface area contributed by atoms with Crippen LogP contribution in [0.25, 0.3) is 27.5 Å². The van der Waals surface area contributed by atoms with Crippen molar-refractivity contribution >= 4 is 39.7 Å². The summed E-state index contributed by atoms with van der Waals surface area (Å²) in [6.07, 6.45) is 0.894. The molecular weight excluding hydrogens is 388 g/mol. The van der Waals surface area contributed by atoms with Crippen LogP contribution in [0.2, 0.25) is 5.15 Å². The number of carbonyl (C=O) groups is 1. The lowest BCUT2D eigenvalue weighted by Gasteiger charge is -2.09. The molecule has 0 bridgehead atoms. The molecule has 28 heavy (non-hydrogen) atoms. The van der Waals surface area contributed by atoms with Gasteiger partial charge >= 0.3 is 0 Å². The molecule has 0 unspecified atom stereocenters. The summed E-state index contributed by atoms with van der Waals surface area (Å²) in [5.74, 6) is -1.00. The van der Waals surface area contributed by atoms with Crippen molar-refractivity contribution in [2.24, 2.45) is 5.92 Å². The largest absolute Gasteiger partial charge is 0.309 e. The van der Waals surface area contributed by atoms with E-state index >= 15 is 0 Å². The quantitative estimate of drug-likeness (QED) is 0.538. The molecule has 0 radical (unpaired) electrons. The first kappa shape index (κ1) is 17.1. The number of benzene rings is 1. The minimum Gasteiger partial charge on any atom is -0.309 e. The summed E-state index contributed by atoms with van der Waals surface area (Å²) in [7, 11) is 0. The van der Waals surface area contributed by atoms with Crippen molar-refractivity contribution in [2.45, 2.75) is 19.5 Å². The number of hydrogen-bond acceptors (Lipinski definition) is 3. The Morgan fingerprint density at radius 3 is 2.93 bits per heavy atom. The van der Waals surface area contributed by atoms with E-state index in [1.54, 1.807) is 29.8 Å². The van der Waals surface area contributed by atoms with Crippen molar-refractivity contribution in [3.05, 3.63) is 47.0 Å². The molecule has 0 spiro atoms. The first-order valence-corrected chi connectivity index (χ1v) is 9.07. The number of aromatic nitrogens is 4. The Bertz CT molecular complexity index is 1260. The summed E-state index contributed by atoms with van der Waals surface area (Å²) in [5, 5.41) is 14.6. The number of halogens is 3. The molecule has 4 aromatic rings. The average molecular weight is 402 g/mol. The number of amides is 1. The van der Waals surface area contributed by atoms with E-state index in [1.165, 1.54) is 6.07 Å². The van der Waals surface area contributed by atoms with Crippen LogP contribution in [0.3, 0.4) is 0 Å². The van der Waals surface area contributed by atoms with Crippen LogP contribution < -0.4 is 5.32 Å². The van der Waals surface area contributed by atoms with Gasteiger partial charge in [-0.3, -0.25) is 9.89 Å². The van der Waals surface area contributed by atoms with Crippen LogP contribution in [0.15, 0.2) is 30.5 Å². The van der Waals surface area contributed by atoms with Crippen molar-refractivity contribution in [3.63, 3.8) is 0 Å². The third kappa shape index (κ3) is 2.63. The van der Waals surface area contributed by atoms with Crippen LogP contribution in [0, 0.1) is 18.7 Å². The number of hydrogen-bond donors (Lipinski definition) is 2. The van der Waals surface area contributed by atoms with E-state index in [-0.39, 0.29) is 18.1 Å². The first-order valence-electron chi connectivity index (χ1n) is 8.70. The molecule has 2 N–H and O–H groups in total. The molecule has 1 saturated carbocycles. The molecule has 1 aliphatic rings. The highest BCUT2D eigenvalue weighted by Crippen LogP contribution is 2.37. The van der Waals surface area contributed by atoms with Crippen LogP contribution in [-0.4, -0.2) is 31.9 Å². The Balaban J connectivity index is 1.59. The summed E-state index contributed by atoms with van der Waals surface area (Å²) in [6, 6.07) is 6.63. The number of fused-ring (bicyclic) bond motifs is 2. The highest BCUT2D eigenvalue weighted by molar-refractivity contribution is 6.35. The summed E-state index contributed by atoms with van der Waals surface area (Å²) >= 11 is 6.24. The van der Waals surface area contributed by atoms with Crippen molar-refractivity contribution in [1.82, 2.24) is 19.8 Å². The second-order valence-electron chi connectivity index (χ2n) is 6.95. The standard InChI is InChI=1S/C19H14ClF2N5O/c1-8-12(21)7-14-17(18(20)25-24-14)16(8)9-2-3-27-10(4-9)5-15(26-27)23-19(28)11-6-13(11)22/h2-5,7,11,13H,6H2,1H3,(H,24,25)(H,23,26,28)/t11-,13+/m1/s1. The van der Waals surface area contributed by atoms with Crippen LogP contribution in [0.4, 0.5) is 14.6 Å². The topological polar surface area (TPSA) is 75.1 Å². The highest BCUT2D eigenvalue weighted by atomic mass is 35.5. The van der Waals surface area contributed by atoms with E-state index in [0.29, 0.717) is 38.5 Å². The molecule has 9 heteroatoms. The van der Waals surface area contributed by atoms with E-state index in [4.69, 9.17) is 11.6 Å². The minimum atomic E-state index is -1.07. The van der Waals surface area contributed by atoms with Crippen LogP contribution >= 0.6 is 11.6 Å². The fourth-order valence-corrected chi connectivity index (χ4v) is 3.67. The lowest BCUT2D eigenvalue weighted by Crippen LogP contribution is -2.15. The number of carbonyl (C=O) groups excluding carboxylic acids is 1. The Hall–Kier alpha value is -3.00. The molecular formula is C19H14ClF2N5O. The van der Waals surface area contributed by atoms with Gasteiger partial charge in [-0.15, -0.1) is 0 Å². The Morgan fingerprint density at radius 2 is 2.18 bits per heavy atom. The average Bonchev–Trinajstić information content (AvgIpc) is 3.09. The van der Waals surface area contributed by atoms with Gasteiger partial charge in [0.2, 0.25) is 5.91 Å². The summed E-state index contributed by atoms with van der Waals surface area (Å²) in [4.78, 5) is 11.9. The predicted molar refractivity (Wildman–Crippen MR) is 102 cm³/mol. The number of anilines is 1. The lowest BCUT2D eigenvalue weighted by atomic mass is 9.97. The lowest BCUT2D eigenvalue weighted by molar-refractivity contribution is -0.117. The molecule has 3 aromatic heterocycles. The number of pyridine rings is 1. The number of rotatable bonds is 3. The number of nitrogens with one attached hydrogen (secondary N) is 2. The number of alkyl halides is 1. The molecule has 142 valence electrons. The minimum absolute atomic E-state index is 0.254. The predicted octanol–water partition coefficient (Wildman–Crippen LogP) is 4.28. The fraction of sp³-hybridized carbons (Fsp3) is 0.211. The second kappa shape index (κ2) is 6.00. The fourth-order valence-electron chi connectivity index (χ4n) is 3.44. The molecule has 1 fully saturated rings. The van der Waals surface area contributed by atoms with Gasteiger partial charge in [-0.05, 0) is 36.6 Å². The molecule has 0 saturated heterocycles. The normalized spacial score (nSPS) is 18.7. The van der Waals surface area contributed by atoms with Crippen molar-refractivity contribution < 1.29 is 13.6 Å². The zero-order valence-electron chi connectivity index (χ0n) is 14.6. The third-order valence-corrected chi connectivity index (χ3v) is 5.32. The van der Waals surface area contributed by atoms with E-state index in [1.807, 2.05) is 6.07 Å². The summed E-state index contributed by atoms with van der Waals surface area (Å²) < 4.78 is 29.0. The van der Waals surface area contributed by atoms with Gasteiger partial charge in [0.05, 0.1) is 17.0 Å². The van der Waals surface area contributed by atoms with E-state index < -0.39 is 12.1 Å². The zero-order chi connectivity index (χ0) is 19.6. The van der Waals surface area contributed by atoms with Crippen LogP contribution in [-0.2, 0) is 4.79 Å². The van der Waals surface area contributed by atoms with Gasteiger partial charge in [0.15, 0.2) is 5.82 Å². The van der Waals surface area contributed by atoms with E-state index in [2.05, 4.69) is 20.6 Å². The second-order valence-corrected chi connectivity index (χ2v) is 7.33. The molecule has 2 atom stereocenters. The first-order chi connectivity index (χ1) is 13.4. The van der Waals surface area contributed by atoms with E-state index in [0.717, 1.165) is 5.56 Å². The maximum atomic E-state index is 14.4. The van der Waals surface area contributed by atoms with Gasteiger partial charge in [0.25, 0.3) is 0 Å². The van der Waals surface area contributed by atoms with Gasteiger partial charge in [0.1, 0.15) is 17.1 Å². The van der Waals surface area contributed by atoms with Gasteiger partial charge in [-0.1, -0.05) is 11.6 Å².